The highest BCUT2D eigenvalue weighted by Gasteiger charge is 2.09. The smallest absolute Gasteiger partial charge is 0.337 e. The van der Waals surface area contributed by atoms with E-state index in [0.29, 0.717) is 11.6 Å². The van der Waals surface area contributed by atoms with Crippen LogP contribution in [0, 0.1) is 0 Å². The number of aromatic nitrogens is 2. The van der Waals surface area contributed by atoms with Crippen molar-refractivity contribution in [3.8, 4) is 11.3 Å². The number of rotatable bonds is 3. The Bertz CT molecular complexity index is 541. The molecular formula is C14H16N2O2. The Hall–Kier alpha value is -2.10. The van der Waals surface area contributed by atoms with Crippen molar-refractivity contribution in [2.75, 3.05) is 7.11 Å². The van der Waals surface area contributed by atoms with Gasteiger partial charge in [0.2, 0.25) is 0 Å². The van der Waals surface area contributed by atoms with Gasteiger partial charge in [0.15, 0.2) is 0 Å². The monoisotopic (exact) mass is 244 g/mol. The van der Waals surface area contributed by atoms with E-state index in [1.807, 2.05) is 24.7 Å². The number of esters is 1. The first-order valence-corrected chi connectivity index (χ1v) is 5.84. The third-order valence-electron chi connectivity index (χ3n) is 2.82. The summed E-state index contributed by atoms with van der Waals surface area (Å²) in [4.78, 5) is 15.5. The molecule has 18 heavy (non-hydrogen) atoms. The quantitative estimate of drug-likeness (QED) is 0.780. The summed E-state index contributed by atoms with van der Waals surface area (Å²) in [6, 6.07) is 7.69. The van der Waals surface area contributed by atoms with Crippen molar-refractivity contribution in [2.45, 2.75) is 19.9 Å². The maximum atomic E-state index is 11.3. The van der Waals surface area contributed by atoms with Crippen LogP contribution in [0.2, 0.25) is 0 Å². The first-order valence-electron chi connectivity index (χ1n) is 5.84. The zero-order chi connectivity index (χ0) is 13.1. The molecule has 1 aromatic carbocycles. The summed E-state index contributed by atoms with van der Waals surface area (Å²) < 4.78 is 6.76. The number of carbonyl (C=O) groups is 1. The molecule has 0 aliphatic rings. The Morgan fingerprint density at radius 3 is 2.50 bits per heavy atom. The molecule has 0 atom stereocenters. The van der Waals surface area contributed by atoms with Gasteiger partial charge in [-0.2, -0.15) is 0 Å². The number of benzene rings is 1. The molecule has 0 fully saturated rings. The summed E-state index contributed by atoms with van der Waals surface area (Å²) in [6.45, 7) is 4.21. The lowest BCUT2D eigenvalue weighted by Gasteiger charge is -2.11. The highest BCUT2D eigenvalue weighted by atomic mass is 16.5. The summed E-state index contributed by atoms with van der Waals surface area (Å²) >= 11 is 0. The van der Waals surface area contributed by atoms with E-state index in [2.05, 4.69) is 28.1 Å². The van der Waals surface area contributed by atoms with E-state index < -0.39 is 0 Å². The van der Waals surface area contributed by atoms with Crippen LogP contribution < -0.4 is 0 Å². The molecule has 4 nitrogen and oxygen atoms in total. The standard InChI is InChI=1S/C14H16N2O2/c1-10(2)16-9-15-8-13(16)11-4-6-12(7-5-11)14(17)18-3/h4-10H,1-3H3. The Labute approximate surface area is 106 Å². The Kier molecular flexibility index (Phi) is 3.46. The van der Waals surface area contributed by atoms with Gasteiger partial charge in [0.1, 0.15) is 0 Å². The van der Waals surface area contributed by atoms with Gasteiger partial charge < -0.3 is 9.30 Å². The van der Waals surface area contributed by atoms with Gasteiger partial charge in [0.25, 0.3) is 0 Å². The van der Waals surface area contributed by atoms with Crippen molar-refractivity contribution in [2.24, 2.45) is 0 Å². The molecule has 0 saturated carbocycles. The third-order valence-corrected chi connectivity index (χ3v) is 2.82. The molecule has 0 amide bonds. The first-order chi connectivity index (χ1) is 8.63. The first kappa shape index (κ1) is 12.4. The second-order valence-electron chi connectivity index (χ2n) is 4.35. The lowest BCUT2D eigenvalue weighted by Crippen LogP contribution is -2.02. The SMILES string of the molecule is COC(=O)c1ccc(-c2cncn2C(C)C)cc1. The van der Waals surface area contributed by atoms with Gasteiger partial charge in [-0.1, -0.05) is 12.1 Å². The fourth-order valence-electron chi connectivity index (χ4n) is 1.83. The van der Waals surface area contributed by atoms with Gasteiger partial charge in [-0.05, 0) is 31.5 Å². The second-order valence-corrected chi connectivity index (χ2v) is 4.35. The van der Waals surface area contributed by atoms with E-state index >= 15 is 0 Å². The van der Waals surface area contributed by atoms with E-state index in [1.54, 1.807) is 12.1 Å². The predicted octanol–water partition coefficient (Wildman–Crippen LogP) is 2.92. The molecule has 94 valence electrons. The van der Waals surface area contributed by atoms with Gasteiger partial charge in [0.05, 0.1) is 30.9 Å². The van der Waals surface area contributed by atoms with E-state index in [9.17, 15) is 4.79 Å². The van der Waals surface area contributed by atoms with Crippen molar-refractivity contribution >= 4 is 5.97 Å². The van der Waals surface area contributed by atoms with Gasteiger partial charge in [-0.3, -0.25) is 0 Å². The molecule has 0 aliphatic carbocycles. The number of hydrogen-bond acceptors (Lipinski definition) is 3. The number of nitrogens with zero attached hydrogens (tertiary/aromatic N) is 2. The summed E-state index contributed by atoms with van der Waals surface area (Å²) in [5.74, 6) is -0.320. The predicted molar refractivity (Wildman–Crippen MR) is 69.4 cm³/mol. The topological polar surface area (TPSA) is 44.1 Å². The highest BCUT2D eigenvalue weighted by molar-refractivity contribution is 5.89. The third kappa shape index (κ3) is 2.27. The Morgan fingerprint density at radius 1 is 1.28 bits per heavy atom. The Balaban J connectivity index is 2.34. The number of imidazole rings is 1. The molecule has 2 aromatic rings. The van der Waals surface area contributed by atoms with E-state index in [0.717, 1.165) is 11.3 Å². The van der Waals surface area contributed by atoms with Gasteiger partial charge in [0, 0.05) is 6.04 Å². The molecular weight excluding hydrogens is 228 g/mol. The van der Waals surface area contributed by atoms with Crippen molar-refractivity contribution in [1.82, 2.24) is 9.55 Å². The fourth-order valence-corrected chi connectivity index (χ4v) is 1.83. The van der Waals surface area contributed by atoms with Crippen molar-refractivity contribution in [3.63, 3.8) is 0 Å². The second kappa shape index (κ2) is 5.04. The molecule has 0 radical (unpaired) electrons. The zero-order valence-electron chi connectivity index (χ0n) is 10.8. The van der Waals surface area contributed by atoms with Gasteiger partial charge in [-0.15, -0.1) is 0 Å². The van der Waals surface area contributed by atoms with E-state index in [1.165, 1.54) is 7.11 Å². The van der Waals surface area contributed by atoms with Crippen LogP contribution in [0.1, 0.15) is 30.2 Å². The molecule has 2 rings (SSSR count). The molecule has 4 heteroatoms. The number of carbonyl (C=O) groups excluding carboxylic acids is 1. The average molecular weight is 244 g/mol. The van der Waals surface area contributed by atoms with Crippen LogP contribution in [0.3, 0.4) is 0 Å². The van der Waals surface area contributed by atoms with Crippen LogP contribution in [0.25, 0.3) is 11.3 Å². The number of hydrogen-bond donors (Lipinski definition) is 0. The average Bonchev–Trinajstić information content (AvgIpc) is 2.87. The molecule has 0 N–H and O–H groups in total. The minimum atomic E-state index is -0.320. The maximum Gasteiger partial charge on any atom is 0.337 e. The van der Waals surface area contributed by atoms with Crippen LogP contribution in [-0.2, 0) is 4.74 Å². The normalized spacial score (nSPS) is 10.7. The van der Waals surface area contributed by atoms with Crippen LogP contribution in [-0.4, -0.2) is 22.6 Å². The van der Waals surface area contributed by atoms with E-state index in [4.69, 9.17) is 0 Å². The summed E-state index contributed by atoms with van der Waals surface area (Å²) in [7, 11) is 1.38. The summed E-state index contributed by atoms with van der Waals surface area (Å²) in [5, 5.41) is 0. The van der Waals surface area contributed by atoms with Crippen molar-refractivity contribution in [3.05, 3.63) is 42.4 Å². The molecule has 1 heterocycles. The lowest BCUT2D eigenvalue weighted by molar-refractivity contribution is 0.0601. The molecule has 1 aromatic heterocycles. The van der Waals surface area contributed by atoms with Crippen molar-refractivity contribution < 1.29 is 9.53 Å². The van der Waals surface area contributed by atoms with Crippen LogP contribution in [0.4, 0.5) is 0 Å². The Morgan fingerprint density at radius 2 is 1.94 bits per heavy atom. The van der Waals surface area contributed by atoms with Crippen LogP contribution >= 0.6 is 0 Å². The highest BCUT2D eigenvalue weighted by Crippen LogP contribution is 2.22. The minimum absolute atomic E-state index is 0.320. The largest absolute Gasteiger partial charge is 0.465 e. The van der Waals surface area contributed by atoms with Gasteiger partial charge in [-0.25, -0.2) is 9.78 Å². The van der Waals surface area contributed by atoms with Crippen molar-refractivity contribution in [1.29, 1.82) is 0 Å². The fraction of sp³-hybridized carbons (Fsp3) is 0.286. The van der Waals surface area contributed by atoms with Crippen LogP contribution in [0.5, 0.6) is 0 Å². The molecule has 0 bridgehead atoms. The lowest BCUT2D eigenvalue weighted by atomic mass is 10.1. The summed E-state index contributed by atoms with van der Waals surface area (Å²) in [6.07, 6.45) is 3.64. The summed E-state index contributed by atoms with van der Waals surface area (Å²) in [5.41, 5.74) is 2.63. The molecule has 0 unspecified atom stereocenters. The van der Waals surface area contributed by atoms with Gasteiger partial charge >= 0.3 is 5.97 Å². The van der Waals surface area contributed by atoms with E-state index in [-0.39, 0.29) is 5.97 Å². The molecule has 0 saturated heterocycles. The molecule has 0 aliphatic heterocycles. The molecule has 0 spiro atoms. The minimum Gasteiger partial charge on any atom is -0.465 e. The maximum absolute atomic E-state index is 11.3. The zero-order valence-corrected chi connectivity index (χ0v) is 10.8. The number of ether oxygens (including phenoxy) is 1. The van der Waals surface area contributed by atoms with Crippen LogP contribution in [0.15, 0.2) is 36.8 Å². The number of methoxy groups -OCH3 is 1.